The summed E-state index contributed by atoms with van der Waals surface area (Å²) in [5, 5.41) is 13.1. The first-order chi connectivity index (χ1) is 21.1. The molecule has 230 valence electrons. The van der Waals surface area contributed by atoms with E-state index in [1.165, 1.54) is 11.8 Å². The van der Waals surface area contributed by atoms with Gasteiger partial charge in [0.1, 0.15) is 12.4 Å². The fourth-order valence-electron chi connectivity index (χ4n) is 5.23. The zero-order valence-corrected chi connectivity index (χ0v) is 24.3. The third-order valence-electron chi connectivity index (χ3n) is 7.58. The molecule has 5 rings (SSSR count). The first-order valence-corrected chi connectivity index (χ1v) is 14.0. The Morgan fingerprint density at radius 3 is 2.43 bits per heavy atom. The first-order valence-electron chi connectivity index (χ1n) is 14.0. The van der Waals surface area contributed by atoms with Gasteiger partial charge >= 0.3 is 11.9 Å². The number of likely N-dealkylation sites (tertiary alicyclic amines) is 1. The predicted octanol–water partition coefficient (Wildman–Crippen LogP) is 3.77. The maximum atomic E-state index is 13.3. The molecule has 1 aliphatic heterocycles. The van der Waals surface area contributed by atoms with Crippen molar-refractivity contribution in [1.29, 1.82) is 0 Å². The lowest BCUT2D eigenvalue weighted by Gasteiger charge is -2.41. The number of ether oxygens (including phenoxy) is 2. The molecule has 13 nitrogen and oxygen atoms in total. The van der Waals surface area contributed by atoms with E-state index >= 15 is 0 Å². The number of carbonyl (C=O) groups is 3. The van der Waals surface area contributed by atoms with Crippen molar-refractivity contribution < 1.29 is 37.9 Å². The Labute approximate surface area is 251 Å². The summed E-state index contributed by atoms with van der Waals surface area (Å²) in [6.07, 6.45) is -0.397. The van der Waals surface area contributed by atoms with Gasteiger partial charge in [0.2, 0.25) is 5.91 Å². The van der Waals surface area contributed by atoms with Gasteiger partial charge in [0.15, 0.2) is 18.1 Å². The number of benzene rings is 2. The maximum absolute atomic E-state index is 13.3. The fraction of sp³-hybridized carbons (Fsp3) is 0.323. The highest BCUT2D eigenvalue weighted by Gasteiger charge is 2.39. The summed E-state index contributed by atoms with van der Waals surface area (Å²) < 4.78 is 20.8. The van der Waals surface area contributed by atoms with Gasteiger partial charge in [-0.1, -0.05) is 18.2 Å². The molecule has 13 heteroatoms. The van der Waals surface area contributed by atoms with E-state index in [2.05, 4.69) is 10.3 Å². The Morgan fingerprint density at radius 2 is 1.75 bits per heavy atom. The Balaban J connectivity index is 1.20. The second-order valence-corrected chi connectivity index (χ2v) is 10.7. The van der Waals surface area contributed by atoms with Gasteiger partial charge in [-0.3, -0.25) is 19.8 Å². The number of nitrogens with one attached hydrogen (secondary N) is 2. The second kappa shape index (κ2) is 13.0. The molecular weight excluding hydrogens is 572 g/mol. The minimum Gasteiger partial charge on any atom is -0.489 e. The lowest BCUT2D eigenvalue weighted by Crippen LogP contribution is -2.57. The Hall–Kier alpha value is -5.17. The average Bonchev–Trinajstić information content (AvgIpc) is 3.35. The standard InChI is InChI=1S/C31H32N4O9/c1-19-15-22(24-5-3-4-6-25(24)32-19)17-41-23-9-7-21(8-10-23)28(37)33-31(16-27(36)34-40)11-13-35(14-12-31)29(38)42-18-26-20(2)43-30(39)44-26/h3-10,15,40H,11-14,16-18H2,1-2H3,(H,33,37)(H,34,36). The number of nitrogens with zero attached hydrogens (tertiary/aromatic N) is 2. The van der Waals surface area contributed by atoms with E-state index in [-0.39, 0.29) is 50.5 Å². The Bertz CT molecular complexity index is 1720. The van der Waals surface area contributed by atoms with E-state index in [0.29, 0.717) is 17.9 Å². The van der Waals surface area contributed by atoms with Gasteiger partial charge in [0.05, 0.1) is 17.5 Å². The molecule has 3 N–H and O–H groups in total. The molecule has 0 saturated carbocycles. The van der Waals surface area contributed by atoms with Crippen molar-refractivity contribution in [2.24, 2.45) is 0 Å². The molecule has 44 heavy (non-hydrogen) atoms. The number of aryl methyl sites for hydroxylation is 2. The number of hydrogen-bond acceptors (Lipinski definition) is 10. The molecule has 0 radical (unpaired) electrons. The number of carbonyl (C=O) groups excluding carboxylic acids is 3. The van der Waals surface area contributed by atoms with Crippen LogP contribution in [0.4, 0.5) is 4.79 Å². The van der Waals surface area contributed by atoms with Crippen molar-refractivity contribution in [2.75, 3.05) is 13.1 Å². The van der Waals surface area contributed by atoms with E-state index in [0.717, 1.165) is 22.2 Å². The van der Waals surface area contributed by atoms with E-state index < -0.39 is 29.3 Å². The molecule has 1 saturated heterocycles. The smallest absolute Gasteiger partial charge is 0.489 e. The van der Waals surface area contributed by atoms with E-state index in [9.17, 15) is 19.2 Å². The van der Waals surface area contributed by atoms with Crippen molar-refractivity contribution in [1.82, 2.24) is 20.7 Å². The Kier molecular flexibility index (Phi) is 8.95. The number of pyridine rings is 1. The molecule has 2 aromatic carbocycles. The van der Waals surface area contributed by atoms with Crippen molar-refractivity contribution >= 4 is 28.8 Å². The Morgan fingerprint density at radius 1 is 1.02 bits per heavy atom. The highest BCUT2D eigenvalue weighted by atomic mass is 16.6. The number of amides is 3. The number of hydrogen-bond donors (Lipinski definition) is 3. The van der Waals surface area contributed by atoms with Crippen LogP contribution in [0.5, 0.6) is 5.75 Å². The number of piperidine rings is 1. The molecule has 3 amide bonds. The molecule has 1 aliphatic rings. The van der Waals surface area contributed by atoms with Gasteiger partial charge in [-0.25, -0.2) is 15.1 Å². The lowest BCUT2D eigenvalue weighted by molar-refractivity contribution is -0.131. The van der Waals surface area contributed by atoms with E-state index in [1.807, 2.05) is 37.3 Å². The van der Waals surface area contributed by atoms with Crippen LogP contribution in [0.25, 0.3) is 10.9 Å². The van der Waals surface area contributed by atoms with Crippen LogP contribution in [0.1, 0.15) is 52.4 Å². The first kappa shape index (κ1) is 30.3. The molecule has 4 aromatic rings. The van der Waals surface area contributed by atoms with Crippen LogP contribution >= 0.6 is 0 Å². The number of rotatable bonds is 9. The summed E-state index contributed by atoms with van der Waals surface area (Å²) in [4.78, 5) is 55.2. The average molecular weight is 605 g/mol. The second-order valence-electron chi connectivity index (χ2n) is 10.7. The maximum Gasteiger partial charge on any atom is 0.519 e. The van der Waals surface area contributed by atoms with Crippen LogP contribution in [0.2, 0.25) is 0 Å². The summed E-state index contributed by atoms with van der Waals surface area (Å²) in [6, 6.07) is 16.5. The van der Waals surface area contributed by atoms with Gasteiger partial charge < -0.3 is 28.5 Å². The minimum atomic E-state index is -1.02. The van der Waals surface area contributed by atoms with Gasteiger partial charge in [-0.05, 0) is 63.1 Å². The monoisotopic (exact) mass is 604 g/mol. The van der Waals surface area contributed by atoms with Crippen LogP contribution in [0, 0.1) is 13.8 Å². The summed E-state index contributed by atoms with van der Waals surface area (Å²) in [5.74, 6) is -1.07. The number of aromatic nitrogens is 1. The van der Waals surface area contributed by atoms with Crippen LogP contribution in [0.3, 0.4) is 0 Å². The predicted molar refractivity (Wildman–Crippen MR) is 155 cm³/mol. The molecular formula is C31H32N4O9. The summed E-state index contributed by atoms with van der Waals surface area (Å²) >= 11 is 0. The van der Waals surface area contributed by atoms with E-state index in [4.69, 9.17) is 23.5 Å². The fourth-order valence-corrected chi connectivity index (χ4v) is 5.23. The van der Waals surface area contributed by atoms with E-state index in [1.54, 1.807) is 29.7 Å². The zero-order chi connectivity index (χ0) is 31.3. The number of para-hydroxylation sites is 1. The van der Waals surface area contributed by atoms with Crippen LogP contribution in [0.15, 0.2) is 68.2 Å². The summed E-state index contributed by atoms with van der Waals surface area (Å²) in [5.41, 5.74) is 3.73. The molecule has 0 bridgehead atoms. The molecule has 0 spiro atoms. The third-order valence-corrected chi connectivity index (χ3v) is 7.58. The molecule has 3 heterocycles. The lowest BCUT2D eigenvalue weighted by atomic mass is 9.83. The van der Waals surface area contributed by atoms with Crippen molar-refractivity contribution in [2.45, 2.75) is 51.9 Å². The number of hydroxylamine groups is 1. The number of fused-ring (bicyclic) bond motifs is 1. The normalized spacial score (nSPS) is 14.2. The van der Waals surface area contributed by atoms with Crippen molar-refractivity contribution in [3.63, 3.8) is 0 Å². The topological polar surface area (TPSA) is 173 Å². The van der Waals surface area contributed by atoms with Crippen LogP contribution < -0.4 is 21.4 Å². The molecule has 2 aromatic heterocycles. The van der Waals surface area contributed by atoms with Gasteiger partial charge in [0.25, 0.3) is 5.91 Å². The van der Waals surface area contributed by atoms with Gasteiger partial charge in [-0.2, -0.15) is 0 Å². The summed E-state index contributed by atoms with van der Waals surface area (Å²) in [7, 11) is 0. The van der Waals surface area contributed by atoms with Crippen molar-refractivity contribution in [3.8, 4) is 5.75 Å². The van der Waals surface area contributed by atoms with Crippen molar-refractivity contribution in [3.05, 3.63) is 93.6 Å². The van der Waals surface area contributed by atoms with Crippen LogP contribution in [-0.4, -0.2) is 51.6 Å². The molecule has 0 atom stereocenters. The molecule has 0 aliphatic carbocycles. The minimum absolute atomic E-state index is 0.110. The summed E-state index contributed by atoms with van der Waals surface area (Å²) in [6.45, 7) is 3.83. The van der Waals surface area contributed by atoms with Crippen LogP contribution in [-0.2, 0) is 22.7 Å². The van der Waals surface area contributed by atoms with Gasteiger partial charge in [-0.15, -0.1) is 0 Å². The molecule has 1 fully saturated rings. The SMILES string of the molecule is Cc1cc(COc2ccc(C(=O)NC3(CC(=O)NO)CCN(C(=O)OCc4oc(=O)oc4C)CC3)cc2)c2ccccc2n1. The highest BCUT2D eigenvalue weighted by Crippen LogP contribution is 2.28. The largest absolute Gasteiger partial charge is 0.519 e. The third kappa shape index (κ3) is 7.06. The highest BCUT2D eigenvalue weighted by molar-refractivity contribution is 5.95. The zero-order valence-electron chi connectivity index (χ0n) is 24.3. The van der Waals surface area contributed by atoms with Gasteiger partial charge in [0, 0.05) is 35.3 Å². The molecule has 0 unspecified atom stereocenters. The quantitative estimate of drug-likeness (QED) is 0.188.